The predicted molar refractivity (Wildman–Crippen MR) is 82.7 cm³/mol. The van der Waals surface area contributed by atoms with Gasteiger partial charge in [-0.1, -0.05) is 0 Å². The molecule has 1 heterocycles. The summed E-state index contributed by atoms with van der Waals surface area (Å²) < 4.78 is 24.5. The van der Waals surface area contributed by atoms with Crippen LogP contribution in [0.15, 0.2) is 23.3 Å². The molecular formula is C12H17N5O3S. The zero-order valence-electron chi connectivity index (χ0n) is 11.8. The van der Waals surface area contributed by atoms with Crippen LogP contribution in [0.1, 0.15) is 0 Å². The number of nitrogen functional groups attached to an aromatic ring is 1. The maximum atomic E-state index is 11.7. The normalized spacial score (nSPS) is 12.0. The van der Waals surface area contributed by atoms with Gasteiger partial charge in [-0.3, -0.25) is 4.79 Å². The van der Waals surface area contributed by atoms with Crippen LogP contribution in [0, 0.1) is 0 Å². The molecule has 2 aromatic rings. The molecule has 0 fully saturated rings. The number of nitrogens with one attached hydrogen (secondary N) is 2. The van der Waals surface area contributed by atoms with Crippen molar-refractivity contribution in [1.82, 2.24) is 14.3 Å². The fraction of sp³-hybridized carbons (Fsp3) is 0.333. The van der Waals surface area contributed by atoms with E-state index in [2.05, 4.69) is 15.3 Å². The highest BCUT2D eigenvalue weighted by Crippen LogP contribution is 2.22. The van der Waals surface area contributed by atoms with Crippen molar-refractivity contribution < 1.29 is 8.42 Å². The Labute approximate surface area is 122 Å². The molecule has 1 aromatic heterocycles. The lowest BCUT2D eigenvalue weighted by molar-refractivity contribution is 0.521. The van der Waals surface area contributed by atoms with E-state index in [4.69, 9.17) is 5.73 Å². The Morgan fingerprint density at radius 1 is 1.38 bits per heavy atom. The molecule has 21 heavy (non-hydrogen) atoms. The molecule has 0 spiro atoms. The highest BCUT2D eigenvalue weighted by Gasteiger charge is 2.13. The van der Waals surface area contributed by atoms with E-state index in [0.717, 1.165) is 0 Å². The molecule has 8 nitrogen and oxygen atoms in total. The molecule has 0 aliphatic rings. The van der Waals surface area contributed by atoms with Crippen LogP contribution >= 0.6 is 0 Å². The van der Waals surface area contributed by atoms with Crippen LogP contribution in [0.2, 0.25) is 0 Å². The third-order valence-corrected chi connectivity index (χ3v) is 4.88. The summed E-state index contributed by atoms with van der Waals surface area (Å²) in [6.07, 6.45) is 1.31. The van der Waals surface area contributed by atoms with Crippen LogP contribution in [0.3, 0.4) is 0 Å². The number of nitrogens with zero attached hydrogens (tertiary/aromatic N) is 2. The van der Waals surface area contributed by atoms with E-state index in [1.165, 1.54) is 30.8 Å². The van der Waals surface area contributed by atoms with E-state index < -0.39 is 10.0 Å². The second-order valence-electron chi connectivity index (χ2n) is 4.71. The molecule has 0 saturated heterocycles. The molecule has 0 amide bonds. The fourth-order valence-electron chi connectivity index (χ4n) is 1.78. The fourth-order valence-corrected chi connectivity index (χ4v) is 2.51. The van der Waals surface area contributed by atoms with Crippen molar-refractivity contribution in [3.8, 4) is 0 Å². The minimum absolute atomic E-state index is 0.0553. The van der Waals surface area contributed by atoms with Crippen molar-refractivity contribution in [2.75, 3.05) is 37.4 Å². The van der Waals surface area contributed by atoms with Gasteiger partial charge >= 0.3 is 0 Å². The third-order valence-electron chi connectivity index (χ3n) is 3.04. The molecule has 4 N–H and O–H groups in total. The largest absolute Gasteiger partial charge is 0.397 e. The molecule has 0 saturated carbocycles. The monoisotopic (exact) mass is 311 g/mol. The van der Waals surface area contributed by atoms with Crippen LogP contribution < -0.4 is 16.6 Å². The first-order valence-electron chi connectivity index (χ1n) is 6.22. The Bertz CT molecular complexity index is 813. The molecule has 0 bridgehead atoms. The summed E-state index contributed by atoms with van der Waals surface area (Å²) in [6.45, 7) is 0.208. The summed E-state index contributed by atoms with van der Waals surface area (Å²) in [5.74, 6) is -0.0553. The quantitative estimate of drug-likeness (QED) is 0.658. The van der Waals surface area contributed by atoms with Gasteiger partial charge in [-0.15, -0.1) is 0 Å². The Morgan fingerprint density at radius 2 is 2.10 bits per heavy atom. The topological polar surface area (TPSA) is 121 Å². The zero-order valence-corrected chi connectivity index (χ0v) is 12.6. The highest BCUT2D eigenvalue weighted by molar-refractivity contribution is 7.89. The van der Waals surface area contributed by atoms with E-state index in [1.807, 2.05) is 0 Å². The average molecular weight is 311 g/mol. The van der Waals surface area contributed by atoms with Crippen molar-refractivity contribution >= 4 is 32.3 Å². The molecule has 2 rings (SSSR count). The van der Waals surface area contributed by atoms with Crippen LogP contribution in [0.5, 0.6) is 0 Å². The van der Waals surface area contributed by atoms with Gasteiger partial charge in [0.2, 0.25) is 10.0 Å². The standard InChI is InChI=1S/C12H17N5O3S/c1-17(2)21(19,20)4-3-14-11-6-10-8(5-9(11)13)12(18)16-7-15-10/h5-7,14H,3-4,13H2,1-2H3,(H,15,16,18). The third kappa shape index (κ3) is 3.31. The summed E-state index contributed by atoms with van der Waals surface area (Å²) in [5, 5.41) is 3.34. The van der Waals surface area contributed by atoms with Gasteiger partial charge in [-0.2, -0.15) is 0 Å². The maximum Gasteiger partial charge on any atom is 0.258 e. The number of aromatic nitrogens is 2. The summed E-state index contributed by atoms with van der Waals surface area (Å²) in [6, 6.07) is 3.14. The number of fused-ring (bicyclic) bond motifs is 1. The molecule has 1 aromatic carbocycles. The Kier molecular flexibility index (Phi) is 4.14. The van der Waals surface area contributed by atoms with Gasteiger partial charge < -0.3 is 16.0 Å². The lowest BCUT2D eigenvalue weighted by Crippen LogP contribution is -2.28. The van der Waals surface area contributed by atoms with Crippen LogP contribution in [0.25, 0.3) is 10.9 Å². The predicted octanol–water partition coefficient (Wildman–Crippen LogP) is -0.191. The van der Waals surface area contributed by atoms with E-state index in [-0.39, 0.29) is 17.9 Å². The smallest absolute Gasteiger partial charge is 0.258 e. The minimum Gasteiger partial charge on any atom is -0.397 e. The minimum atomic E-state index is -3.27. The van der Waals surface area contributed by atoms with Gasteiger partial charge in [0.25, 0.3) is 5.56 Å². The van der Waals surface area contributed by atoms with E-state index in [9.17, 15) is 13.2 Å². The van der Waals surface area contributed by atoms with Crippen molar-refractivity contribution in [3.63, 3.8) is 0 Å². The number of benzene rings is 1. The molecule has 0 aliphatic carbocycles. The maximum absolute atomic E-state index is 11.7. The number of anilines is 2. The van der Waals surface area contributed by atoms with Crippen LogP contribution in [0.4, 0.5) is 11.4 Å². The lowest BCUT2D eigenvalue weighted by Gasteiger charge is -2.13. The van der Waals surface area contributed by atoms with Gasteiger partial charge in [-0.05, 0) is 12.1 Å². The number of aromatic amines is 1. The first-order valence-corrected chi connectivity index (χ1v) is 7.83. The Morgan fingerprint density at radius 3 is 2.76 bits per heavy atom. The average Bonchev–Trinajstić information content (AvgIpc) is 2.40. The first kappa shape index (κ1) is 15.3. The Balaban J connectivity index is 2.20. The van der Waals surface area contributed by atoms with Crippen LogP contribution in [-0.4, -0.2) is 49.1 Å². The van der Waals surface area contributed by atoms with Crippen molar-refractivity contribution in [3.05, 3.63) is 28.8 Å². The highest BCUT2D eigenvalue weighted by atomic mass is 32.2. The summed E-state index contributed by atoms with van der Waals surface area (Å²) in [7, 11) is -0.307. The van der Waals surface area contributed by atoms with Crippen LogP contribution in [-0.2, 0) is 10.0 Å². The van der Waals surface area contributed by atoms with Gasteiger partial charge in [0.1, 0.15) is 0 Å². The summed E-state index contributed by atoms with van der Waals surface area (Å²) in [4.78, 5) is 18.1. The van der Waals surface area contributed by atoms with E-state index in [1.54, 1.807) is 6.07 Å². The molecule has 9 heteroatoms. The van der Waals surface area contributed by atoms with Crippen molar-refractivity contribution in [1.29, 1.82) is 0 Å². The number of nitrogens with two attached hydrogens (primary N) is 1. The second-order valence-corrected chi connectivity index (χ2v) is 7.02. The number of hydrogen-bond acceptors (Lipinski definition) is 6. The van der Waals surface area contributed by atoms with Gasteiger partial charge in [-0.25, -0.2) is 17.7 Å². The van der Waals surface area contributed by atoms with Gasteiger partial charge in [0, 0.05) is 20.6 Å². The molecule has 0 atom stereocenters. The summed E-state index contributed by atoms with van der Waals surface area (Å²) in [5.41, 5.74) is 7.00. The number of H-pyrrole nitrogens is 1. The molecule has 0 aliphatic heterocycles. The molecule has 0 radical (unpaired) electrons. The molecule has 114 valence electrons. The number of rotatable bonds is 5. The molecule has 0 unspecified atom stereocenters. The molecular weight excluding hydrogens is 294 g/mol. The zero-order chi connectivity index (χ0) is 15.6. The van der Waals surface area contributed by atoms with E-state index >= 15 is 0 Å². The number of hydrogen-bond donors (Lipinski definition) is 3. The lowest BCUT2D eigenvalue weighted by atomic mass is 10.2. The second kappa shape index (κ2) is 5.70. The SMILES string of the molecule is CN(C)S(=O)(=O)CCNc1cc2nc[nH]c(=O)c2cc1N. The number of sulfonamides is 1. The first-order chi connectivity index (χ1) is 9.81. The van der Waals surface area contributed by atoms with Crippen molar-refractivity contribution in [2.24, 2.45) is 0 Å². The van der Waals surface area contributed by atoms with Gasteiger partial charge in [0.15, 0.2) is 0 Å². The Hall–Kier alpha value is -2.13. The van der Waals surface area contributed by atoms with Gasteiger partial charge in [0.05, 0.1) is 34.4 Å². The van der Waals surface area contributed by atoms with Crippen molar-refractivity contribution in [2.45, 2.75) is 0 Å². The summed E-state index contributed by atoms with van der Waals surface area (Å²) >= 11 is 0. The van der Waals surface area contributed by atoms with E-state index in [0.29, 0.717) is 22.3 Å².